The lowest BCUT2D eigenvalue weighted by atomic mass is 10.2. The number of amidine groups is 1. The molecule has 0 N–H and O–H groups in total. The van der Waals surface area contributed by atoms with Crippen molar-refractivity contribution in [3.8, 4) is 0 Å². The minimum Gasteiger partial charge on any atom is -0.314 e. The van der Waals surface area contributed by atoms with Crippen molar-refractivity contribution in [2.75, 3.05) is 16.4 Å². The molecular formula is C16H18Cl2N2O3S2. The van der Waals surface area contributed by atoms with Crippen LogP contribution in [0.15, 0.2) is 23.2 Å². The number of halogens is 2. The number of unbranched alkanes of at least 4 members (excludes halogenated alkanes) is 1. The Morgan fingerprint density at radius 2 is 2.12 bits per heavy atom. The van der Waals surface area contributed by atoms with Crippen molar-refractivity contribution in [3.05, 3.63) is 28.2 Å². The van der Waals surface area contributed by atoms with E-state index in [1.54, 1.807) is 23.1 Å². The maximum absolute atomic E-state index is 12.1. The highest BCUT2D eigenvalue weighted by Gasteiger charge is 2.49. The van der Waals surface area contributed by atoms with E-state index in [9.17, 15) is 13.2 Å². The van der Waals surface area contributed by atoms with Crippen molar-refractivity contribution in [2.45, 2.75) is 37.5 Å². The number of aliphatic imine (C=N–C) groups is 1. The van der Waals surface area contributed by atoms with Crippen LogP contribution in [0.2, 0.25) is 10.0 Å². The Balaban J connectivity index is 2.00. The van der Waals surface area contributed by atoms with E-state index in [1.807, 2.05) is 6.92 Å². The van der Waals surface area contributed by atoms with Gasteiger partial charge in [-0.15, -0.1) is 0 Å². The quantitative estimate of drug-likeness (QED) is 0.740. The number of amides is 1. The van der Waals surface area contributed by atoms with Gasteiger partial charge in [-0.1, -0.05) is 54.4 Å². The van der Waals surface area contributed by atoms with Gasteiger partial charge in [-0.2, -0.15) is 4.99 Å². The van der Waals surface area contributed by atoms with Crippen LogP contribution in [-0.4, -0.2) is 42.3 Å². The van der Waals surface area contributed by atoms with Crippen molar-refractivity contribution < 1.29 is 13.2 Å². The SMILES string of the molecule is CCCCC(=O)N=C1S[C@@H]2CS(=O)(=O)C[C@@H]2N1c1cccc(Cl)c1Cl. The molecule has 0 saturated carbocycles. The van der Waals surface area contributed by atoms with Crippen LogP contribution < -0.4 is 4.90 Å². The predicted molar refractivity (Wildman–Crippen MR) is 105 cm³/mol. The maximum Gasteiger partial charge on any atom is 0.248 e. The van der Waals surface area contributed by atoms with Gasteiger partial charge >= 0.3 is 0 Å². The van der Waals surface area contributed by atoms with E-state index in [0.717, 1.165) is 12.8 Å². The lowest BCUT2D eigenvalue weighted by Crippen LogP contribution is -2.38. The van der Waals surface area contributed by atoms with Crippen LogP contribution in [0.3, 0.4) is 0 Å². The number of benzene rings is 1. The second-order valence-corrected chi connectivity index (χ2v) is 10.3. The highest BCUT2D eigenvalue weighted by Crippen LogP contribution is 2.44. The first-order valence-electron chi connectivity index (χ1n) is 8.04. The molecule has 5 nitrogen and oxygen atoms in total. The third-order valence-electron chi connectivity index (χ3n) is 4.22. The fraction of sp³-hybridized carbons (Fsp3) is 0.500. The molecule has 2 fully saturated rings. The zero-order valence-corrected chi connectivity index (χ0v) is 16.8. The summed E-state index contributed by atoms with van der Waals surface area (Å²) in [4.78, 5) is 18.1. The standard InChI is InChI=1S/C16H18Cl2N2O3S2/c1-2-3-7-14(21)19-16-20(11-6-4-5-10(17)15(11)18)12-8-25(22,23)9-13(12)24-16/h4-6,12-13H,2-3,7-9H2,1H3/t12-,13+/m0/s1. The van der Waals surface area contributed by atoms with Crippen LogP contribution in [0.5, 0.6) is 0 Å². The van der Waals surface area contributed by atoms with Gasteiger partial charge in [0.25, 0.3) is 0 Å². The fourth-order valence-corrected chi connectivity index (χ4v) is 7.33. The summed E-state index contributed by atoms with van der Waals surface area (Å²) in [7, 11) is -3.11. The Morgan fingerprint density at radius 1 is 1.36 bits per heavy atom. The van der Waals surface area contributed by atoms with E-state index >= 15 is 0 Å². The van der Waals surface area contributed by atoms with Crippen molar-refractivity contribution in [3.63, 3.8) is 0 Å². The predicted octanol–water partition coefficient (Wildman–Crippen LogP) is 3.79. The number of thioether (sulfide) groups is 1. The summed E-state index contributed by atoms with van der Waals surface area (Å²) >= 11 is 13.8. The molecule has 0 bridgehead atoms. The van der Waals surface area contributed by atoms with Gasteiger partial charge in [0, 0.05) is 11.7 Å². The van der Waals surface area contributed by atoms with Crippen molar-refractivity contribution >= 4 is 61.6 Å². The zero-order chi connectivity index (χ0) is 18.2. The number of hydrogen-bond acceptors (Lipinski definition) is 4. The van der Waals surface area contributed by atoms with E-state index in [1.165, 1.54) is 11.8 Å². The maximum atomic E-state index is 12.1. The summed E-state index contributed by atoms with van der Waals surface area (Å²) in [5.74, 6) is -0.0927. The number of fused-ring (bicyclic) bond motifs is 1. The first-order chi connectivity index (χ1) is 11.8. The second kappa shape index (κ2) is 7.47. The van der Waals surface area contributed by atoms with Gasteiger partial charge in [0.15, 0.2) is 15.0 Å². The van der Waals surface area contributed by atoms with E-state index in [4.69, 9.17) is 23.2 Å². The summed E-state index contributed by atoms with van der Waals surface area (Å²) < 4.78 is 24.1. The molecule has 2 saturated heterocycles. The molecule has 2 atom stereocenters. The normalized spacial score (nSPS) is 26.2. The molecule has 1 amide bonds. The number of sulfone groups is 1. The minimum atomic E-state index is -3.11. The first-order valence-corrected chi connectivity index (χ1v) is 11.5. The van der Waals surface area contributed by atoms with Crippen LogP contribution in [0.4, 0.5) is 5.69 Å². The minimum absolute atomic E-state index is 0.0235. The molecule has 2 aliphatic rings. The third-order valence-corrected chi connectivity index (χ3v) is 8.24. The first kappa shape index (κ1) is 19.0. The Kier molecular flexibility index (Phi) is 5.68. The Labute approximate surface area is 161 Å². The molecule has 136 valence electrons. The molecule has 2 heterocycles. The largest absolute Gasteiger partial charge is 0.314 e. The van der Waals surface area contributed by atoms with Crippen molar-refractivity contribution in [1.29, 1.82) is 0 Å². The van der Waals surface area contributed by atoms with E-state index < -0.39 is 9.84 Å². The third kappa shape index (κ3) is 3.99. The van der Waals surface area contributed by atoms with Crippen LogP contribution in [-0.2, 0) is 14.6 Å². The average Bonchev–Trinajstić information content (AvgIpc) is 2.99. The molecule has 0 spiro atoms. The number of nitrogens with zero attached hydrogens (tertiary/aromatic N) is 2. The van der Waals surface area contributed by atoms with E-state index in [0.29, 0.717) is 27.3 Å². The van der Waals surface area contributed by atoms with Crippen LogP contribution in [0, 0.1) is 0 Å². The van der Waals surface area contributed by atoms with Gasteiger partial charge in [-0.3, -0.25) is 4.79 Å². The van der Waals surface area contributed by atoms with Crippen molar-refractivity contribution in [1.82, 2.24) is 0 Å². The number of carbonyl (C=O) groups excluding carboxylic acids is 1. The van der Waals surface area contributed by atoms with Gasteiger partial charge in [0.1, 0.15) is 0 Å². The molecular weight excluding hydrogens is 403 g/mol. The summed E-state index contributed by atoms with van der Waals surface area (Å²) in [6, 6.07) is 4.90. The van der Waals surface area contributed by atoms with Crippen LogP contribution in [0.1, 0.15) is 26.2 Å². The van der Waals surface area contributed by atoms with Gasteiger partial charge in [-0.25, -0.2) is 8.42 Å². The topological polar surface area (TPSA) is 66.8 Å². The molecule has 25 heavy (non-hydrogen) atoms. The molecule has 1 aromatic rings. The van der Waals surface area contributed by atoms with Gasteiger partial charge in [-0.05, 0) is 18.6 Å². The van der Waals surface area contributed by atoms with E-state index in [2.05, 4.69) is 4.99 Å². The molecule has 1 aromatic carbocycles. The Bertz CT molecular complexity index is 827. The number of anilines is 1. The highest BCUT2D eigenvalue weighted by atomic mass is 35.5. The lowest BCUT2D eigenvalue weighted by molar-refractivity contribution is -0.117. The van der Waals surface area contributed by atoms with Gasteiger partial charge < -0.3 is 4.90 Å². The fourth-order valence-electron chi connectivity index (χ4n) is 3.02. The van der Waals surface area contributed by atoms with E-state index in [-0.39, 0.29) is 28.7 Å². The lowest BCUT2D eigenvalue weighted by Gasteiger charge is -2.25. The molecule has 0 aromatic heterocycles. The van der Waals surface area contributed by atoms with Gasteiger partial charge in [0.05, 0.1) is 33.3 Å². The molecule has 0 unspecified atom stereocenters. The van der Waals surface area contributed by atoms with Gasteiger partial charge in [0.2, 0.25) is 5.91 Å². The monoisotopic (exact) mass is 420 g/mol. The second-order valence-electron chi connectivity index (χ2n) is 6.14. The summed E-state index contributed by atoms with van der Waals surface area (Å²) in [6.45, 7) is 2.01. The molecule has 0 radical (unpaired) electrons. The Hall–Kier alpha value is -0.760. The Morgan fingerprint density at radius 3 is 2.84 bits per heavy atom. The number of carbonyl (C=O) groups is 1. The molecule has 3 rings (SSSR count). The van der Waals surface area contributed by atoms with Crippen LogP contribution in [0.25, 0.3) is 0 Å². The average molecular weight is 421 g/mol. The highest BCUT2D eigenvalue weighted by molar-refractivity contribution is 8.16. The molecule has 9 heteroatoms. The van der Waals surface area contributed by atoms with Crippen LogP contribution >= 0.6 is 35.0 Å². The smallest absolute Gasteiger partial charge is 0.248 e. The number of rotatable bonds is 4. The number of hydrogen-bond donors (Lipinski definition) is 0. The molecule has 0 aliphatic carbocycles. The zero-order valence-electron chi connectivity index (χ0n) is 13.6. The summed E-state index contributed by atoms with van der Waals surface area (Å²) in [5.41, 5.74) is 0.591. The summed E-state index contributed by atoms with van der Waals surface area (Å²) in [6.07, 6.45) is 2.07. The summed E-state index contributed by atoms with van der Waals surface area (Å²) in [5, 5.41) is 1.07. The van der Waals surface area contributed by atoms with Crippen molar-refractivity contribution in [2.24, 2.45) is 4.99 Å². The molecule has 2 aliphatic heterocycles.